The fourth-order valence-corrected chi connectivity index (χ4v) is 2.28. The van der Waals surface area contributed by atoms with Gasteiger partial charge < -0.3 is 15.0 Å². The van der Waals surface area contributed by atoms with E-state index in [1.807, 2.05) is 20.1 Å². The Hall–Kier alpha value is -1.59. The third-order valence-corrected chi connectivity index (χ3v) is 3.28. The average Bonchev–Trinajstić information content (AvgIpc) is 2.80. The summed E-state index contributed by atoms with van der Waals surface area (Å²) in [7, 11) is 0. The lowest BCUT2D eigenvalue weighted by Crippen LogP contribution is -2.53. The van der Waals surface area contributed by atoms with Crippen molar-refractivity contribution in [3.8, 4) is 0 Å². The van der Waals surface area contributed by atoms with Crippen molar-refractivity contribution in [2.45, 2.75) is 65.1 Å². The zero-order valence-electron chi connectivity index (χ0n) is 13.4. The summed E-state index contributed by atoms with van der Waals surface area (Å²) in [5.74, 6) is -0.348. The molecule has 0 saturated carbocycles. The topological polar surface area (TPSA) is 75.7 Å². The van der Waals surface area contributed by atoms with E-state index < -0.39 is 23.8 Å². The van der Waals surface area contributed by atoms with Crippen molar-refractivity contribution in [1.29, 1.82) is 0 Å². The number of nitrogens with zero attached hydrogens (tertiary/aromatic N) is 1. The van der Waals surface area contributed by atoms with Gasteiger partial charge in [0.1, 0.15) is 11.6 Å². The largest absolute Gasteiger partial charge is 0.444 e. The first-order valence-corrected chi connectivity index (χ1v) is 7.33. The van der Waals surface area contributed by atoms with Gasteiger partial charge in [0.05, 0.1) is 6.04 Å². The zero-order valence-corrected chi connectivity index (χ0v) is 13.4. The van der Waals surface area contributed by atoms with Gasteiger partial charge in [0, 0.05) is 6.54 Å². The number of likely N-dealkylation sites (tertiary alicyclic amines) is 1. The maximum atomic E-state index is 12.5. The maximum absolute atomic E-state index is 12.5. The van der Waals surface area contributed by atoms with Gasteiger partial charge in [0.2, 0.25) is 12.2 Å². The molecule has 0 aliphatic carbocycles. The van der Waals surface area contributed by atoms with E-state index in [2.05, 4.69) is 5.32 Å². The van der Waals surface area contributed by atoms with Crippen LogP contribution in [-0.2, 0) is 14.3 Å². The van der Waals surface area contributed by atoms with Crippen molar-refractivity contribution in [3.05, 3.63) is 0 Å². The molecule has 1 rings (SSSR count). The number of carbonyl (C=O) groups is 2. The molecule has 21 heavy (non-hydrogen) atoms. The highest BCUT2D eigenvalue weighted by Crippen LogP contribution is 2.19. The highest BCUT2D eigenvalue weighted by molar-refractivity contribution is 5.88. The second kappa shape index (κ2) is 6.91. The van der Waals surface area contributed by atoms with Crippen molar-refractivity contribution >= 4 is 18.3 Å². The monoisotopic (exact) mass is 297 g/mol. The Kier molecular flexibility index (Phi) is 5.75. The van der Waals surface area contributed by atoms with Gasteiger partial charge in [-0.25, -0.2) is 4.79 Å². The predicted octanol–water partition coefficient (Wildman–Crippen LogP) is 1.64. The number of nitrogens with one attached hydrogen (secondary N) is 1. The smallest absolute Gasteiger partial charge is 0.408 e. The fraction of sp³-hybridized carbons (Fsp3) is 0.800. The SMILES string of the molecule is CC(C)[C@H](NC(=O)OC(C)(C)C)C(=O)N1CCC[C@H]1[C]=O. The minimum Gasteiger partial charge on any atom is -0.444 e. The van der Waals surface area contributed by atoms with Gasteiger partial charge in [-0.05, 0) is 39.5 Å². The molecule has 2 amide bonds. The Morgan fingerprint density at radius 3 is 2.43 bits per heavy atom. The van der Waals surface area contributed by atoms with Crippen LogP contribution in [0.1, 0.15) is 47.5 Å². The summed E-state index contributed by atoms with van der Waals surface area (Å²) in [6.45, 7) is 9.49. The van der Waals surface area contributed by atoms with Crippen molar-refractivity contribution in [2.24, 2.45) is 5.92 Å². The number of amides is 2. The Labute approximate surface area is 126 Å². The Bertz CT molecular complexity index is 401. The van der Waals surface area contributed by atoms with E-state index in [1.165, 1.54) is 4.90 Å². The predicted molar refractivity (Wildman–Crippen MR) is 78.4 cm³/mol. The van der Waals surface area contributed by atoms with Crippen LogP contribution < -0.4 is 5.32 Å². The van der Waals surface area contributed by atoms with Gasteiger partial charge in [-0.3, -0.25) is 9.59 Å². The number of hydrogen-bond acceptors (Lipinski definition) is 4. The molecule has 0 aromatic carbocycles. The molecule has 6 nitrogen and oxygen atoms in total. The Morgan fingerprint density at radius 2 is 1.95 bits per heavy atom. The minimum absolute atomic E-state index is 0.0991. The van der Waals surface area contributed by atoms with Crippen LogP contribution in [-0.4, -0.2) is 47.4 Å². The molecular formula is C15H25N2O4. The summed E-state index contributed by atoms with van der Waals surface area (Å²) in [6.07, 6.45) is 2.68. The van der Waals surface area contributed by atoms with E-state index in [0.717, 1.165) is 6.42 Å². The van der Waals surface area contributed by atoms with E-state index in [-0.39, 0.29) is 11.8 Å². The average molecular weight is 297 g/mol. The van der Waals surface area contributed by atoms with Gasteiger partial charge in [0.15, 0.2) is 0 Å². The van der Waals surface area contributed by atoms with E-state index >= 15 is 0 Å². The molecule has 1 aliphatic heterocycles. The fourth-order valence-electron chi connectivity index (χ4n) is 2.28. The Balaban J connectivity index is 2.75. The first kappa shape index (κ1) is 17.5. The highest BCUT2D eigenvalue weighted by Gasteiger charge is 2.36. The van der Waals surface area contributed by atoms with Crippen molar-refractivity contribution in [2.75, 3.05) is 6.54 Å². The molecule has 0 spiro atoms. The summed E-state index contributed by atoms with van der Waals surface area (Å²) in [5.41, 5.74) is -0.624. The van der Waals surface area contributed by atoms with E-state index in [0.29, 0.717) is 13.0 Å². The van der Waals surface area contributed by atoms with Gasteiger partial charge in [-0.15, -0.1) is 0 Å². The lowest BCUT2D eigenvalue weighted by atomic mass is 10.0. The van der Waals surface area contributed by atoms with Gasteiger partial charge in [-0.1, -0.05) is 13.8 Å². The van der Waals surface area contributed by atoms with Crippen LogP contribution in [0.4, 0.5) is 4.79 Å². The van der Waals surface area contributed by atoms with Gasteiger partial charge >= 0.3 is 6.09 Å². The molecule has 0 aromatic heterocycles. The summed E-state index contributed by atoms with van der Waals surface area (Å²) >= 11 is 0. The first-order valence-electron chi connectivity index (χ1n) is 7.33. The van der Waals surface area contributed by atoms with E-state index in [9.17, 15) is 14.4 Å². The quantitative estimate of drug-likeness (QED) is 0.856. The molecule has 1 heterocycles. The molecule has 2 atom stereocenters. The number of rotatable bonds is 4. The van der Waals surface area contributed by atoms with Crippen molar-refractivity contribution in [1.82, 2.24) is 10.2 Å². The van der Waals surface area contributed by atoms with Crippen LogP contribution in [0.15, 0.2) is 0 Å². The standard InChI is InChI=1S/C15H25N2O4/c1-10(2)12(16-14(20)21-15(3,4)5)13(19)17-8-6-7-11(17)9-18/h10-12H,6-8H2,1-5H3,(H,16,20)/t11-,12-/m0/s1. The Morgan fingerprint density at radius 1 is 1.33 bits per heavy atom. The highest BCUT2D eigenvalue weighted by atomic mass is 16.6. The molecule has 6 heteroatoms. The lowest BCUT2D eigenvalue weighted by Gasteiger charge is -2.29. The minimum atomic E-state index is -0.700. The first-order chi connectivity index (χ1) is 9.65. The van der Waals surface area contributed by atoms with Crippen LogP contribution in [0.3, 0.4) is 0 Å². The van der Waals surface area contributed by atoms with Crippen LogP contribution in [0, 0.1) is 5.92 Å². The summed E-state index contributed by atoms with van der Waals surface area (Å²) < 4.78 is 5.19. The second-order valence-corrected chi connectivity index (χ2v) is 6.68. The maximum Gasteiger partial charge on any atom is 0.408 e. The van der Waals surface area contributed by atoms with Crippen molar-refractivity contribution in [3.63, 3.8) is 0 Å². The summed E-state index contributed by atoms with van der Waals surface area (Å²) in [6, 6.07) is -1.20. The molecule has 0 unspecified atom stereocenters. The van der Waals surface area contributed by atoms with Crippen molar-refractivity contribution < 1.29 is 19.1 Å². The number of alkyl carbamates (subject to hydrolysis) is 1. The summed E-state index contributed by atoms with van der Waals surface area (Å²) in [4.78, 5) is 36.8. The molecule has 0 aromatic rings. The molecule has 1 fully saturated rings. The molecular weight excluding hydrogens is 272 g/mol. The molecule has 1 N–H and O–H groups in total. The van der Waals surface area contributed by atoms with Crippen LogP contribution >= 0.6 is 0 Å². The molecule has 1 aliphatic rings. The third kappa shape index (κ3) is 5.02. The van der Waals surface area contributed by atoms with Gasteiger partial charge in [-0.2, -0.15) is 0 Å². The molecule has 1 saturated heterocycles. The van der Waals surface area contributed by atoms with E-state index in [4.69, 9.17) is 4.74 Å². The molecule has 0 bridgehead atoms. The third-order valence-electron chi connectivity index (χ3n) is 3.28. The number of hydrogen-bond donors (Lipinski definition) is 1. The van der Waals surface area contributed by atoms with Crippen LogP contribution in [0.2, 0.25) is 0 Å². The molecule has 1 radical (unpaired) electrons. The van der Waals surface area contributed by atoms with E-state index in [1.54, 1.807) is 20.8 Å². The van der Waals surface area contributed by atoms with Crippen LogP contribution in [0.5, 0.6) is 0 Å². The molecule has 119 valence electrons. The normalized spacial score (nSPS) is 20.3. The van der Waals surface area contributed by atoms with Gasteiger partial charge in [0.25, 0.3) is 0 Å². The summed E-state index contributed by atoms with van der Waals surface area (Å²) in [5, 5.41) is 2.61. The number of carbonyl (C=O) groups excluding carboxylic acids is 3. The lowest BCUT2D eigenvalue weighted by molar-refractivity contribution is -0.134. The van der Waals surface area contributed by atoms with Crippen LogP contribution in [0.25, 0.3) is 0 Å². The zero-order chi connectivity index (χ0) is 16.2. The second-order valence-electron chi connectivity index (χ2n) is 6.68. The number of ether oxygens (including phenoxy) is 1.